The van der Waals surface area contributed by atoms with Gasteiger partial charge >= 0.3 is 0 Å². The molecule has 1 fully saturated rings. The van der Waals surface area contributed by atoms with Crippen LogP contribution in [0.15, 0.2) is 91.4 Å². The fourth-order valence-corrected chi connectivity index (χ4v) is 4.79. The summed E-state index contributed by atoms with van der Waals surface area (Å²) in [6.45, 7) is 9.94. The number of imidazole rings is 1. The lowest BCUT2D eigenvalue weighted by molar-refractivity contribution is 0.356. The van der Waals surface area contributed by atoms with E-state index in [0.717, 1.165) is 35.4 Å². The van der Waals surface area contributed by atoms with Gasteiger partial charge in [-0.25, -0.2) is 18.7 Å². The van der Waals surface area contributed by atoms with Gasteiger partial charge in [0, 0.05) is 46.4 Å². The lowest BCUT2D eigenvalue weighted by Gasteiger charge is -2.28. The van der Waals surface area contributed by atoms with Crippen LogP contribution in [-0.2, 0) is 6.42 Å². The van der Waals surface area contributed by atoms with Crippen LogP contribution in [0, 0.1) is 30.4 Å². The lowest BCUT2D eigenvalue weighted by atomic mass is 9.83. The summed E-state index contributed by atoms with van der Waals surface area (Å²) in [5.74, 6) is 0.268. The Hall–Kier alpha value is -4.96. The number of anilines is 1. The number of allylic oxidation sites excluding steroid dienone is 5. The average molecular weight is 550 g/mol. The summed E-state index contributed by atoms with van der Waals surface area (Å²) in [7, 11) is 0. The molecule has 0 aliphatic heterocycles. The van der Waals surface area contributed by atoms with E-state index in [4.69, 9.17) is 5.73 Å². The molecule has 2 aromatic heterocycles. The van der Waals surface area contributed by atoms with Crippen LogP contribution in [0.25, 0.3) is 27.9 Å². The van der Waals surface area contributed by atoms with Crippen LogP contribution in [0.2, 0.25) is 0 Å². The standard InChI is InChI=1S/C32H31F2N5.C2H2/c1-4-20(17-24(5-2)37-19(3)21-7-6-8-21)25-13-14-28(35)27(30(25)34)18-29-38-31-26(15-16-36-32(31)39-29)22-9-11-23(33)12-10-22;1-2/h4-5,9-17,21,37H,2-3,6-8,18,35H2,1H3,(H,36,38,39);1-2H/b20-4+,24-17+;. The molecule has 0 amide bonds. The smallest absolute Gasteiger partial charge is 0.178 e. The van der Waals surface area contributed by atoms with E-state index >= 15 is 4.39 Å². The first kappa shape index (κ1) is 29.0. The van der Waals surface area contributed by atoms with E-state index in [9.17, 15) is 4.39 Å². The fourth-order valence-electron chi connectivity index (χ4n) is 4.79. The zero-order valence-electron chi connectivity index (χ0n) is 23.1. The van der Waals surface area contributed by atoms with Gasteiger partial charge in [-0.1, -0.05) is 37.8 Å². The number of H-pyrrole nitrogens is 1. The molecular weight excluding hydrogens is 516 g/mol. The molecule has 41 heavy (non-hydrogen) atoms. The van der Waals surface area contributed by atoms with Crippen molar-refractivity contribution in [3.8, 4) is 24.0 Å². The molecule has 1 aliphatic carbocycles. The highest BCUT2D eigenvalue weighted by atomic mass is 19.1. The number of aromatic nitrogens is 3. The van der Waals surface area contributed by atoms with E-state index in [1.54, 1.807) is 36.5 Å². The second kappa shape index (κ2) is 12.9. The Kier molecular flexibility index (Phi) is 9.15. The molecule has 5 nitrogen and oxygen atoms in total. The second-order valence-electron chi connectivity index (χ2n) is 9.75. The first-order chi connectivity index (χ1) is 19.9. The van der Waals surface area contributed by atoms with Gasteiger partial charge in [0.05, 0.1) is 5.52 Å². The van der Waals surface area contributed by atoms with Gasteiger partial charge in [-0.2, -0.15) is 0 Å². The molecule has 0 spiro atoms. The van der Waals surface area contributed by atoms with Crippen molar-refractivity contribution in [2.45, 2.75) is 32.6 Å². The van der Waals surface area contributed by atoms with E-state index in [1.807, 2.05) is 25.1 Å². The number of pyridine rings is 1. The van der Waals surface area contributed by atoms with Gasteiger partial charge < -0.3 is 16.0 Å². The first-order valence-corrected chi connectivity index (χ1v) is 13.3. The third kappa shape index (κ3) is 6.28. The predicted molar refractivity (Wildman–Crippen MR) is 164 cm³/mol. The molecule has 208 valence electrons. The number of rotatable bonds is 9. The average Bonchev–Trinajstić information content (AvgIpc) is 3.37. The number of terminal acetylenes is 1. The zero-order chi connectivity index (χ0) is 29.5. The highest BCUT2D eigenvalue weighted by molar-refractivity contribution is 5.89. The molecule has 0 unspecified atom stereocenters. The number of aromatic amines is 1. The molecule has 4 N–H and O–H groups in total. The van der Waals surface area contributed by atoms with E-state index in [1.165, 1.54) is 18.6 Å². The van der Waals surface area contributed by atoms with Crippen LogP contribution in [0.1, 0.15) is 43.1 Å². The highest BCUT2D eigenvalue weighted by Gasteiger charge is 2.21. The maximum absolute atomic E-state index is 16.0. The van der Waals surface area contributed by atoms with Gasteiger partial charge in [-0.3, -0.25) is 0 Å². The van der Waals surface area contributed by atoms with Crippen LogP contribution in [0.3, 0.4) is 0 Å². The zero-order valence-corrected chi connectivity index (χ0v) is 23.1. The lowest BCUT2D eigenvalue weighted by Crippen LogP contribution is -2.23. The van der Waals surface area contributed by atoms with Crippen molar-refractivity contribution in [1.29, 1.82) is 0 Å². The monoisotopic (exact) mass is 549 g/mol. The van der Waals surface area contributed by atoms with Crippen LogP contribution in [0.4, 0.5) is 14.5 Å². The molecule has 0 bridgehead atoms. The molecule has 2 aromatic carbocycles. The maximum Gasteiger partial charge on any atom is 0.178 e. The molecule has 2 heterocycles. The summed E-state index contributed by atoms with van der Waals surface area (Å²) >= 11 is 0. The Balaban J connectivity index is 0.00000189. The molecular formula is C34H33F2N5. The fraction of sp³-hybridized carbons (Fsp3) is 0.176. The van der Waals surface area contributed by atoms with Crippen molar-refractivity contribution in [3.63, 3.8) is 0 Å². The number of hydrogen-bond donors (Lipinski definition) is 3. The van der Waals surface area contributed by atoms with E-state index in [0.29, 0.717) is 45.3 Å². The molecule has 4 aromatic rings. The predicted octanol–water partition coefficient (Wildman–Crippen LogP) is 7.70. The summed E-state index contributed by atoms with van der Waals surface area (Å²) in [6.07, 6.45) is 18.7. The summed E-state index contributed by atoms with van der Waals surface area (Å²) in [5, 5.41) is 3.34. The largest absolute Gasteiger partial charge is 0.398 e. The molecule has 7 heteroatoms. The third-order valence-corrected chi connectivity index (χ3v) is 7.28. The minimum atomic E-state index is -0.409. The van der Waals surface area contributed by atoms with Gasteiger partial charge in [0.25, 0.3) is 0 Å². The SMILES string of the molecule is C#C.C=C/C(=C\C(=C/C)c1ccc(N)c(Cc2nc3nccc(-c4ccc(F)cc4)c3[nH]2)c1F)NC(=C)C1CCC1. The number of nitrogens with one attached hydrogen (secondary N) is 2. The molecule has 1 saturated carbocycles. The number of benzene rings is 2. The van der Waals surface area contributed by atoms with Crippen molar-refractivity contribution in [2.75, 3.05) is 5.73 Å². The van der Waals surface area contributed by atoms with E-state index < -0.39 is 5.82 Å². The van der Waals surface area contributed by atoms with Crippen molar-refractivity contribution in [1.82, 2.24) is 20.3 Å². The molecule has 5 rings (SSSR count). The van der Waals surface area contributed by atoms with Crippen LogP contribution in [-0.4, -0.2) is 15.0 Å². The molecule has 1 aliphatic rings. The number of nitrogens with two attached hydrogens (primary N) is 1. The van der Waals surface area contributed by atoms with Gasteiger partial charge in [-0.15, -0.1) is 12.8 Å². The van der Waals surface area contributed by atoms with E-state index in [-0.39, 0.29) is 12.2 Å². The first-order valence-electron chi connectivity index (χ1n) is 13.3. The molecule has 0 atom stereocenters. The minimum absolute atomic E-state index is 0.149. The number of hydrogen-bond acceptors (Lipinski definition) is 4. The number of fused-ring (bicyclic) bond motifs is 1. The summed E-state index contributed by atoms with van der Waals surface area (Å²) in [5.41, 5.74) is 12.6. The molecule has 0 saturated heterocycles. The summed E-state index contributed by atoms with van der Waals surface area (Å²) in [6, 6.07) is 11.5. The van der Waals surface area contributed by atoms with Crippen LogP contribution >= 0.6 is 0 Å². The Morgan fingerprint density at radius 1 is 1.15 bits per heavy atom. The normalized spacial score (nSPS) is 13.7. The quantitative estimate of drug-likeness (QED) is 0.114. The van der Waals surface area contributed by atoms with E-state index in [2.05, 4.69) is 46.3 Å². The van der Waals surface area contributed by atoms with Crippen molar-refractivity contribution >= 4 is 22.4 Å². The molecule has 0 radical (unpaired) electrons. The number of halogens is 2. The Labute approximate surface area is 239 Å². The third-order valence-electron chi connectivity index (χ3n) is 7.28. The maximum atomic E-state index is 16.0. The Morgan fingerprint density at radius 3 is 2.51 bits per heavy atom. The number of nitrogens with zero attached hydrogens (tertiary/aromatic N) is 2. The summed E-state index contributed by atoms with van der Waals surface area (Å²) < 4.78 is 29.4. The second-order valence-corrected chi connectivity index (χ2v) is 9.75. The minimum Gasteiger partial charge on any atom is -0.398 e. The highest BCUT2D eigenvalue weighted by Crippen LogP contribution is 2.33. The van der Waals surface area contributed by atoms with Crippen molar-refractivity contribution < 1.29 is 8.78 Å². The van der Waals surface area contributed by atoms with Crippen LogP contribution < -0.4 is 11.1 Å². The summed E-state index contributed by atoms with van der Waals surface area (Å²) in [4.78, 5) is 12.2. The van der Waals surface area contributed by atoms with Gasteiger partial charge in [-0.05, 0) is 79.3 Å². The number of nitrogen functional groups attached to an aromatic ring is 1. The van der Waals surface area contributed by atoms with Gasteiger partial charge in [0.2, 0.25) is 0 Å². The van der Waals surface area contributed by atoms with Gasteiger partial charge in [0.15, 0.2) is 5.65 Å². The van der Waals surface area contributed by atoms with Crippen molar-refractivity contribution in [3.05, 3.63) is 120 Å². The van der Waals surface area contributed by atoms with Crippen LogP contribution in [0.5, 0.6) is 0 Å². The van der Waals surface area contributed by atoms with Crippen molar-refractivity contribution in [2.24, 2.45) is 5.92 Å². The topological polar surface area (TPSA) is 79.6 Å². The Morgan fingerprint density at radius 2 is 1.88 bits per heavy atom. The van der Waals surface area contributed by atoms with Gasteiger partial charge in [0.1, 0.15) is 17.5 Å². The Bertz CT molecular complexity index is 1650.